The Morgan fingerprint density at radius 2 is 1.87 bits per heavy atom. The van der Waals surface area contributed by atoms with Crippen molar-refractivity contribution in [3.8, 4) is 5.75 Å². The number of hydrogen-bond acceptors (Lipinski definition) is 4. The zero-order chi connectivity index (χ0) is 16.7. The molecule has 120 valence electrons. The third kappa shape index (κ3) is 4.81. The predicted molar refractivity (Wildman–Crippen MR) is 86.5 cm³/mol. The van der Waals surface area contributed by atoms with Crippen molar-refractivity contribution in [3.63, 3.8) is 0 Å². The number of benzene rings is 2. The van der Waals surface area contributed by atoms with E-state index in [1.807, 2.05) is 31.2 Å². The van der Waals surface area contributed by atoms with Gasteiger partial charge in [-0.1, -0.05) is 36.4 Å². The van der Waals surface area contributed by atoms with E-state index in [0.29, 0.717) is 18.7 Å². The van der Waals surface area contributed by atoms with Crippen LogP contribution in [0.2, 0.25) is 0 Å². The molecule has 1 N–H and O–H groups in total. The number of rotatable bonds is 7. The average molecular weight is 314 g/mol. The first kappa shape index (κ1) is 16.5. The van der Waals surface area contributed by atoms with Crippen LogP contribution in [0.3, 0.4) is 0 Å². The largest absolute Gasteiger partial charge is 0.491 e. The lowest BCUT2D eigenvalue weighted by atomic mass is 10.1. The SMILES string of the molecule is Cc1ccccc1OCCNC(=O)Cc1ccccc1[N+](=O)[O-]. The summed E-state index contributed by atoms with van der Waals surface area (Å²) in [5, 5.41) is 13.6. The van der Waals surface area contributed by atoms with Gasteiger partial charge >= 0.3 is 0 Å². The van der Waals surface area contributed by atoms with Gasteiger partial charge in [0.25, 0.3) is 5.69 Å². The maximum absolute atomic E-state index is 11.9. The van der Waals surface area contributed by atoms with Gasteiger partial charge < -0.3 is 10.1 Å². The van der Waals surface area contributed by atoms with Crippen molar-refractivity contribution in [2.75, 3.05) is 13.2 Å². The molecule has 0 aliphatic rings. The molecule has 0 saturated carbocycles. The molecule has 0 radical (unpaired) electrons. The number of para-hydroxylation sites is 2. The number of nitrogens with zero attached hydrogens (tertiary/aromatic N) is 1. The molecular weight excluding hydrogens is 296 g/mol. The molecule has 6 nitrogen and oxygen atoms in total. The van der Waals surface area contributed by atoms with Crippen molar-refractivity contribution < 1.29 is 14.5 Å². The van der Waals surface area contributed by atoms with Crippen LogP contribution in [0.5, 0.6) is 5.75 Å². The number of hydrogen-bond donors (Lipinski definition) is 1. The van der Waals surface area contributed by atoms with Gasteiger partial charge in [-0.2, -0.15) is 0 Å². The van der Waals surface area contributed by atoms with E-state index < -0.39 is 4.92 Å². The first-order valence-corrected chi connectivity index (χ1v) is 7.25. The predicted octanol–water partition coefficient (Wildman–Crippen LogP) is 2.64. The second kappa shape index (κ2) is 7.93. The highest BCUT2D eigenvalue weighted by Gasteiger charge is 2.15. The van der Waals surface area contributed by atoms with Gasteiger partial charge in [0.1, 0.15) is 12.4 Å². The maximum atomic E-state index is 11.9. The molecule has 0 aromatic heterocycles. The van der Waals surface area contributed by atoms with Crippen LogP contribution in [0.25, 0.3) is 0 Å². The first-order valence-electron chi connectivity index (χ1n) is 7.25. The summed E-state index contributed by atoms with van der Waals surface area (Å²) in [6.07, 6.45) is -0.0263. The van der Waals surface area contributed by atoms with Gasteiger partial charge in [-0.3, -0.25) is 14.9 Å². The Bertz CT molecular complexity index is 700. The molecule has 2 aromatic rings. The van der Waals surface area contributed by atoms with E-state index in [1.165, 1.54) is 6.07 Å². The normalized spacial score (nSPS) is 10.1. The van der Waals surface area contributed by atoms with E-state index >= 15 is 0 Å². The lowest BCUT2D eigenvalue weighted by Crippen LogP contribution is -2.29. The van der Waals surface area contributed by atoms with Crippen molar-refractivity contribution in [2.24, 2.45) is 0 Å². The lowest BCUT2D eigenvalue weighted by molar-refractivity contribution is -0.385. The van der Waals surface area contributed by atoms with Gasteiger partial charge in [0, 0.05) is 11.6 Å². The molecule has 1 amide bonds. The number of nitro groups is 1. The minimum atomic E-state index is -0.482. The Hall–Kier alpha value is -2.89. The van der Waals surface area contributed by atoms with Crippen LogP contribution in [-0.2, 0) is 11.2 Å². The van der Waals surface area contributed by atoms with E-state index in [2.05, 4.69) is 5.32 Å². The van der Waals surface area contributed by atoms with Gasteiger partial charge in [0.2, 0.25) is 5.91 Å². The Labute approximate surface area is 134 Å². The van der Waals surface area contributed by atoms with Crippen LogP contribution < -0.4 is 10.1 Å². The number of nitrogens with one attached hydrogen (secondary N) is 1. The Morgan fingerprint density at radius 1 is 1.17 bits per heavy atom. The first-order chi connectivity index (χ1) is 11.1. The molecule has 0 spiro atoms. The van der Waals surface area contributed by atoms with E-state index in [9.17, 15) is 14.9 Å². The Kier molecular flexibility index (Phi) is 5.68. The van der Waals surface area contributed by atoms with Crippen molar-refractivity contribution in [3.05, 3.63) is 69.8 Å². The van der Waals surface area contributed by atoms with E-state index in [1.54, 1.807) is 18.2 Å². The van der Waals surface area contributed by atoms with Crippen LogP contribution in [-0.4, -0.2) is 24.0 Å². The second-order valence-corrected chi connectivity index (χ2v) is 5.03. The number of nitro benzene ring substituents is 1. The molecule has 0 aliphatic carbocycles. The molecule has 0 unspecified atom stereocenters. The number of aryl methyl sites for hydroxylation is 1. The van der Waals surface area contributed by atoms with Gasteiger partial charge in [0.05, 0.1) is 17.9 Å². The number of ether oxygens (including phenoxy) is 1. The fraction of sp³-hybridized carbons (Fsp3) is 0.235. The van der Waals surface area contributed by atoms with Crippen molar-refractivity contribution in [1.29, 1.82) is 0 Å². The molecule has 0 saturated heterocycles. The highest BCUT2D eigenvalue weighted by molar-refractivity contribution is 5.79. The quantitative estimate of drug-likeness (QED) is 0.484. The fourth-order valence-electron chi connectivity index (χ4n) is 2.14. The molecule has 0 fully saturated rings. The molecule has 0 atom stereocenters. The highest BCUT2D eigenvalue weighted by Crippen LogP contribution is 2.18. The van der Waals surface area contributed by atoms with Crippen LogP contribution in [0.4, 0.5) is 5.69 Å². The molecular formula is C17H18N2O4. The van der Waals surface area contributed by atoms with Gasteiger partial charge in [-0.25, -0.2) is 0 Å². The minimum absolute atomic E-state index is 0.0263. The van der Waals surface area contributed by atoms with Crippen molar-refractivity contribution in [2.45, 2.75) is 13.3 Å². The summed E-state index contributed by atoms with van der Waals surface area (Å²) in [5.41, 5.74) is 1.38. The van der Waals surface area contributed by atoms with Gasteiger partial charge in [-0.15, -0.1) is 0 Å². The topological polar surface area (TPSA) is 81.5 Å². The summed E-state index contributed by atoms with van der Waals surface area (Å²) in [7, 11) is 0. The van der Waals surface area contributed by atoms with E-state index in [-0.39, 0.29) is 18.0 Å². The van der Waals surface area contributed by atoms with Crippen LogP contribution in [0.1, 0.15) is 11.1 Å². The second-order valence-electron chi connectivity index (χ2n) is 5.03. The van der Waals surface area contributed by atoms with E-state index in [4.69, 9.17) is 4.74 Å². The molecule has 6 heteroatoms. The van der Waals surface area contributed by atoms with Crippen molar-refractivity contribution >= 4 is 11.6 Å². The number of amides is 1. The summed E-state index contributed by atoms with van der Waals surface area (Å²) in [6, 6.07) is 13.9. The standard InChI is InChI=1S/C17H18N2O4/c1-13-6-2-5-9-16(13)23-11-10-18-17(20)12-14-7-3-4-8-15(14)19(21)22/h2-9H,10-12H2,1H3,(H,18,20). The number of carbonyl (C=O) groups is 1. The maximum Gasteiger partial charge on any atom is 0.273 e. The van der Waals surface area contributed by atoms with Crippen LogP contribution in [0, 0.1) is 17.0 Å². The van der Waals surface area contributed by atoms with E-state index in [0.717, 1.165) is 11.3 Å². The highest BCUT2D eigenvalue weighted by atomic mass is 16.6. The molecule has 23 heavy (non-hydrogen) atoms. The number of carbonyl (C=O) groups excluding carboxylic acids is 1. The van der Waals surface area contributed by atoms with Crippen LogP contribution >= 0.6 is 0 Å². The minimum Gasteiger partial charge on any atom is -0.491 e. The molecule has 0 aliphatic heterocycles. The molecule has 2 rings (SSSR count). The third-order valence-corrected chi connectivity index (χ3v) is 3.31. The van der Waals surface area contributed by atoms with Crippen LogP contribution in [0.15, 0.2) is 48.5 Å². The summed E-state index contributed by atoms with van der Waals surface area (Å²) in [6.45, 7) is 2.63. The lowest BCUT2D eigenvalue weighted by Gasteiger charge is -2.09. The summed E-state index contributed by atoms with van der Waals surface area (Å²) >= 11 is 0. The van der Waals surface area contributed by atoms with Gasteiger partial charge in [0.15, 0.2) is 0 Å². The zero-order valence-corrected chi connectivity index (χ0v) is 12.8. The summed E-state index contributed by atoms with van der Waals surface area (Å²) in [4.78, 5) is 22.3. The average Bonchev–Trinajstić information content (AvgIpc) is 2.53. The summed E-state index contributed by atoms with van der Waals surface area (Å²) in [5.74, 6) is 0.508. The smallest absolute Gasteiger partial charge is 0.273 e. The monoisotopic (exact) mass is 314 g/mol. The molecule has 0 bridgehead atoms. The Balaban J connectivity index is 1.80. The summed E-state index contributed by atoms with van der Waals surface area (Å²) < 4.78 is 5.58. The Morgan fingerprint density at radius 3 is 2.61 bits per heavy atom. The molecule has 2 aromatic carbocycles. The molecule has 0 heterocycles. The fourth-order valence-corrected chi connectivity index (χ4v) is 2.14. The van der Waals surface area contributed by atoms with Gasteiger partial charge in [-0.05, 0) is 18.6 Å². The van der Waals surface area contributed by atoms with Crippen molar-refractivity contribution in [1.82, 2.24) is 5.32 Å². The zero-order valence-electron chi connectivity index (χ0n) is 12.8. The third-order valence-electron chi connectivity index (χ3n) is 3.31.